The summed E-state index contributed by atoms with van der Waals surface area (Å²) in [6.07, 6.45) is 13.1. The largest absolute Gasteiger partial charge is 0.477 e. The Labute approximate surface area is 696 Å². The van der Waals surface area contributed by atoms with Crippen molar-refractivity contribution < 1.29 is 71.9 Å². The van der Waals surface area contributed by atoms with Crippen molar-refractivity contribution in [1.29, 1.82) is 0 Å². The van der Waals surface area contributed by atoms with Crippen LogP contribution in [0.25, 0.3) is 33.8 Å². The summed E-state index contributed by atoms with van der Waals surface area (Å²) in [7, 11) is 0. The number of nitrogens with zero attached hydrogens (tertiary/aromatic N) is 7. The van der Waals surface area contributed by atoms with Crippen LogP contribution in [-0.4, -0.2) is 148 Å². The highest BCUT2D eigenvalue weighted by Gasteiger charge is 2.39. The van der Waals surface area contributed by atoms with Crippen LogP contribution in [0.3, 0.4) is 0 Å². The number of H-pyrrole nitrogens is 1. The molecule has 4 aromatic carbocycles. The van der Waals surface area contributed by atoms with Gasteiger partial charge in [0.05, 0.1) is 76.0 Å². The number of imide groups is 2. The van der Waals surface area contributed by atoms with Crippen molar-refractivity contribution in [1.82, 2.24) is 39.6 Å². The van der Waals surface area contributed by atoms with Gasteiger partial charge in [0, 0.05) is 92.5 Å². The van der Waals surface area contributed by atoms with E-state index in [1.807, 2.05) is 54.7 Å². The predicted molar refractivity (Wildman–Crippen MR) is 451 cm³/mol. The minimum Gasteiger partial charge on any atom is -0.477 e. The van der Waals surface area contributed by atoms with Crippen molar-refractivity contribution >= 4 is 136 Å². The van der Waals surface area contributed by atoms with Crippen LogP contribution in [0.1, 0.15) is 173 Å². The molecule has 0 fully saturated rings. The Kier molecular flexibility index (Phi) is 32.0. The summed E-state index contributed by atoms with van der Waals surface area (Å²) in [5.74, 6) is -3.86. The molecular weight excluding hydrogens is 1640 g/mol. The summed E-state index contributed by atoms with van der Waals surface area (Å²) in [4.78, 5) is 108. The number of aliphatic hydroxyl groups excluding tert-OH is 2. The maximum absolute atomic E-state index is 14.0. The average Bonchev–Trinajstić information content (AvgIpc) is 1.64. The number of hydrogen-bond donors (Lipinski definition) is 5. The lowest BCUT2D eigenvalue weighted by Crippen LogP contribution is -2.41. The van der Waals surface area contributed by atoms with Gasteiger partial charge < -0.3 is 30.5 Å². The fourth-order valence-corrected chi connectivity index (χ4v) is 18.8. The number of carbonyl (C=O) groups excluding carboxylic acids is 7. The second-order valence-electron chi connectivity index (χ2n) is 27.0. The van der Waals surface area contributed by atoms with Crippen molar-refractivity contribution in [3.05, 3.63) is 245 Å². The number of aromatic nitrogens is 6. The van der Waals surface area contributed by atoms with Crippen LogP contribution in [-0.2, 0) is 61.1 Å². The summed E-state index contributed by atoms with van der Waals surface area (Å²) in [6.45, 7) is 12.6. The lowest BCUT2D eigenvalue weighted by molar-refractivity contribution is 0.0522. The number of ketones is 1. The molecule has 0 unspecified atom stereocenters. The molecule has 6 N–H and O–H groups in total. The van der Waals surface area contributed by atoms with Gasteiger partial charge in [-0.3, -0.25) is 48.2 Å². The van der Waals surface area contributed by atoms with E-state index in [2.05, 4.69) is 36.3 Å². The van der Waals surface area contributed by atoms with Crippen molar-refractivity contribution in [2.45, 2.75) is 124 Å². The molecule has 0 radical (unpaired) electrons. The topological polar surface area (TPSA) is 313 Å². The van der Waals surface area contributed by atoms with Crippen LogP contribution in [0, 0.1) is 38.3 Å². The summed E-state index contributed by atoms with van der Waals surface area (Å²) in [5.41, 5.74) is 18.4. The first-order valence-electron chi connectivity index (χ1n) is 36.7. The van der Waals surface area contributed by atoms with E-state index in [1.54, 1.807) is 105 Å². The molecule has 7 aromatic heterocycles. The Bertz CT molecular complexity index is 5200. The van der Waals surface area contributed by atoms with E-state index in [9.17, 15) is 47.1 Å². The number of thiophene rings is 4. The predicted octanol–water partition coefficient (Wildman–Crippen LogP) is 15.7. The number of carbonyl (C=O) groups is 8. The summed E-state index contributed by atoms with van der Waals surface area (Å²) in [5, 5.41) is 42.6. The number of hydrogen-bond acceptors (Lipinski definition) is 20. The van der Waals surface area contributed by atoms with Crippen LogP contribution >= 0.6 is 88.3 Å². The van der Waals surface area contributed by atoms with Gasteiger partial charge in [0.15, 0.2) is 5.78 Å². The van der Waals surface area contributed by atoms with Crippen LogP contribution in [0.4, 0.5) is 8.78 Å². The van der Waals surface area contributed by atoms with Gasteiger partial charge in [-0.1, -0.05) is 48.5 Å². The molecule has 2 atom stereocenters. The minimum absolute atomic E-state index is 0. The molecule has 0 saturated carbocycles. The number of carboxylic acid groups (broad SMARTS) is 1. The van der Waals surface area contributed by atoms with E-state index in [0.29, 0.717) is 80.7 Å². The normalized spacial score (nSPS) is 13.3. The second-order valence-corrected chi connectivity index (χ2v) is 32.4. The highest BCUT2D eigenvalue weighted by atomic mass is 79.9. The molecule has 4 amide bonds. The lowest BCUT2D eigenvalue weighted by Gasteiger charge is -2.22. The molecule has 11 heterocycles. The summed E-state index contributed by atoms with van der Waals surface area (Å²) in [6, 6.07) is 32.8. The highest BCUT2D eigenvalue weighted by molar-refractivity contribution is 9.10. The van der Waals surface area contributed by atoms with Gasteiger partial charge in [0.1, 0.15) is 26.3 Å². The Hall–Kier alpha value is -9.41. The third-order valence-corrected chi connectivity index (χ3v) is 24.6. The van der Waals surface area contributed by atoms with E-state index in [-0.39, 0.29) is 119 Å². The van der Waals surface area contributed by atoms with E-state index in [1.165, 1.54) is 84.3 Å². The van der Waals surface area contributed by atoms with Crippen LogP contribution in [0.5, 0.6) is 0 Å². The van der Waals surface area contributed by atoms with Gasteiger partial charge in [-0.2, -0.15) is 42.3 Å². The Morgan fingerprint density at radius 2 is 1.02 bits per heavy atom. The number of aromatic amines is 1. The molecule has 15 rings (SSSR count). The van der Waals surface area contributed by atoms with E-state index < -0.39 is 12.0 Å². The molecule has 600 valence electrons. The number of nitrogens with two attached hydrogens (primary N) is 1. The average molecular weight is 1730 g/mol. The zero-order valence-electron chi connectivity index (χ0n) is 63.3. The molecule has 31 heteroatoms. The fourth-order valence-electron chi connectivity index (χ4n) is 13.7. The monoisotopic (exact) mass is 1730 g/mol. The zero-order chi connectivity index (χ0) is 79.9. The number of carboxylic acids is 1. The number of aliphatic hydroxyl groups is 2. The first-order valence-corrected chi connectivity index (χ1v) is 40.7. The van der Waals surface area contributed by atoms with Crippen LogP contribution in [0.15, 0.2) is 144 Å². The Morgan fingerprint density at radius 1 is 0.561 bits per heavy atom. The molecule has 11 aromatic rings. The van der Waals surface area contributed by atoms with Crippen LogP contribution < -0.4 is 5.73 Å². The molecule has 114 heavy (non-hydrogen) atoms. The van der Waals surface area contributed by atoms with E-state index in [0.717, 1.165) is 132 Å². The molecule has 22 nitrogen and oxygen atoms in total. The standard InChI is InChI=1S/C30H26FN3O3S.C17H15FN2O2.C14H18N2O3S.C12H12N2O2S.C10H13BrO3S.2H2S/c1-18-16-32-34-11-5-10-26-24(28(18)34)15-27(38-26)25(35)14-20(12-19-6-4-7-21(31)13-19)17-33-29(36)22-8-2-3-9-23(22)30(33)37;18-12-5-3-4-11(8-12)9-13(19)10-20-16(21)14-6-1-2-7-15(14)17(20)22;1-3-19-14(18)12-7-10(11(20-12)5-4-6-17)13-9(2)8-15-16-13;1-7-6-13-14-4-2-3-9-8(11(7)14)5-10(17-9)12(15)16;1-2-14-10(13)9-6-7(11)8(15-9)4-3-5-12;;/h2-4,6-9,13,15-16,20H,5,10-12,14,17H2,1H3;1-8,13H,9-10,19H2;7-8,17H,3-6H2,1-2H3,(H,15,16);5-6H,2-4H2,1H3,(H,15,16);6,12H,2-5H2,1H3;2*1H2/t20-;13-;;;;;/m10...../s1. The van der Waals surface area contributed by atoms with Crippen molar-refractivity contribution in [3.63, 3.8) is 0 Å². The van der Waals surface area contributed by atoms with Crippen molar-refractivity contribution in [3.8, 4) is 33.8 Å². The lowest BCUT2D eigenvalue weighted by atomic mass is 9.93. The molecule has 0 bridgehead atoms. The number of rotatable bonds is 23. The number of fused-ring (bicyclic) bond motifs is 8. The van der Waals surface area contributed by atoms with Gasteiger partial charge in [-0.15, -0.1) is 45.3 Å². The maximum atomic E-state index is 14.0. The first kappa shape index (κ1) is 88.5. The second kappa shape index (κ2) is 41.2. The SMILES string of the molecule is CCOC(=O)c1cc(-c2[nH]ncc2C)c(CCCO)s1.CCOC(=O)c1cc(Br)c(CCCO)s1.Cc1cnn2c1-c1cc(C(=O)C[C@@H](Cc3cccc(F)c3)CN3C(=O)c4ccccc4C3=O)sc1CCC2.Cc1cnn2c1-c1cc(C(=O)O)sc1CCC2.N[C@@H](Cc1cccc(F)c1)CN1C(=O)c2ccccc2C1=O.S.S. The molecule has 4 aliphatic rings. The number of aromatic carboxylic acids is 1. The minimum atomic E-state index is -0.841. The van der Waals surface area contributed by atoms with Gasteiger partial charge in [0.2, 0.25) is 0 Å². The smallest absolute Gasteiger partial charge is 0.348 e. The number of benzene rings is 4. The third-order valence-electron chi connectivity index (χ3n) is 18.8. The number of ether oxygens (including phenoxy) is 2. The molecule has 0 spiro atoms. The number of amides is 4. The third kappa shape index (κ3) is 21.4. The zero-order valence-corrected chi connectivity index (χ0v) is 70.1. The molecule has 0 saturated heterocycles. The van der Waals surface area contributed by atoms with Gasteiger partial charge in [-0.05, 0) is 221 Å². The molecular formula is C83H88BrF2N9O13S6. The number of halogens is 3. The number of nitrogens with one attached hydrogen (secondary N) is 1. The highest BCUT2D eigenvalue weighted by Crippen LogP contribution is 2.40. The van der Waals surface area contributed by atoms with Crippen molar-refractivity contribution in [2.75, 3.05) is 39.5 Å². The Balaban J connectivity index is 0.000000170. The number of aryl methyl sites for hydroxylation is 9. The van der Waals surface area contributed by atoms with E-state index >= 15 is 0 Å². The van der Waals surface area contributed by atoms with Crippen molar-refractivity contribution in [2.24, 2.45) is 11.7 Å². The molecule has 0 aliphatic carbocycles. The number of esters is 2. The maximum Gasteiger partial charge on any atom is 0.348 e. The Morgan fingerprint density at radius 3 is 1.49 bits per heavy atom. The van der Waals surface area contributed by atoms with E-state index in [4.69, 9.17) is 30.5 Å². The number of Topliss-reactive ketones (excluding diaryl/α,β-unsaturated/α-hetero) is 1. The quantitative estimate of drug-likeness (QED) is 0.0226. The first-order chi connectivity index (χ1) is 54.0. The van der Waals surface area contributed by atoms with Gasteiger partial charge >= 0.3 is 17.9 Å². The van der Waals surface area contributed by atoms with Crippen LogP contribution in [0.2, 0.25) is 0 Å². The van der Waals surface area contributed by atoms with Gasteiger partial charge in [-0.25, -0.2) is 23.2 Å². The van der Waals surface area contributed by atoms with Gasteiger partial charge in [0.25, 0.3) is 23.6 Å². The summed E-state index contributed by atoms with van der Waals surface area (Å²) >= 11 is 9.13. The summed E-state index contributed by atoms with van der Waals surface area (Å²) < 4.78 is 42.0. The fraction of sp³-hybridized carbons (Fsp3) is 0.313. The molecule has 4 aliphatic heterocycles.